The quantitative estimate of drug-likeness (QED) is 0.547. The molecule has 0 amide bonds. The Labute approximate surface area is 161 Å². The van der Waals surface area contributed by atoms with Crippen LogP contribution in [0.15, 0.2) is 41.3 Å². The molecule has 6 heteroatoms. The molecular weight excluding hydrogens is 356 g/mol. The molecule has 0 radical (unpaired) electrons. The third-order valence-electron chi connectivity index (χ3n) is 4.78. The molecule has 1 aromatic carbocycles. The largest absolute Gasteiger partial charge is 0.387 e. The van der Waals surface area contributed by atoms with E-state index in [2.05, 4.69) is 17.2 Å². The number of nitrogens with one attached hydrogen (secondary N) is 1. The highest BCUT2D eigenvalue weighted by Gasteiger charge is 2.19. The maximum atomic E-state index is 13.5. The van der Waals surface area contributed by atoms with Crippen LogP contribution in [0, 0.1) is 6.92 Å². The van der Waals surface area contributed by atoms with Gasteiger partial charge in [0.25, 0.3) is 5.56 Å². The number of hydrogen-bond acceptors (Lipinski definition) is 5. The van der Waals surface area contributed by atoms with Gasteiger partial charge in [-0.05, 0) is 31.5 Å². The summed E-state index contributed by atoms with van der Waals surface area (Å²) in [5.74, 6) is 0.809. The summed E-state index contributed by atoms with van der Waals surface area (Å²) in [7, 11) is 1.88. The van der Waals surface area contributed by atoms with Crippen molar-refractivity contribution < 1.29 is 0 Å². The number of aromatic nitrogens is 3. The minimum atomic E-state index is -0.0139. The van der Waals surface area contributed by atoms with E-state index >= 15 is 0 Å². The molecule has 1 N–H and O–H groups in total. The normalized spacial score (nSPS) is 11.4. The summed E-state index contributed by atoms with van der Waals surface area (Å²) in [6, 6.07) is 9.96. The first kappa shape index (κ1) is 17.7. The molecule has 4 aromatic rings. The maximum Gasteiger partial charge on any atom is 0.276 e. The van der Waals surface area contributed by atoms with Crippen molar-refractivity contribution in [1.82, 2.24) is 14.5 Å². The molecule has 0 spiro atoms. The standard InChI is InChI=1S/C21H22N4OS/c1-4-5-6-16-24-18-17-15(22-3)11-12-23-20(17)27-19(18)21(26)25(16)14-9-7-13(2)8-10-14/h7-12H,4-6H2,1-3H3,(H,22,23). The molecule has 0 aliphatic heterocycles. The highest BCUT2D eigenvalue weighted by Crippen LogP contribution is 2.34. The van der Waals surface area contributed by atoms with E-state index in [4.69, 9.17) is 4.98 Å². The molecule has 0 fully saturated rings. The molecule has 138 valence electrons. The van der Waals surface area contributed by atoms with Crippen molar-refractivity contribution in [2.45, 2.75) is 33.1 Å². The lowest BCUT2D eigenvalue weighted by atomic mass is 10.2. The number of pyridine rings is 1. The van der Waals surface area contributed by atoms with Crippen LogP contribution in [0.25, 0.3) is 26.1 Å². The van der Waals surface area contributed by atoms with Crippen molar-refractivity contribution in [3.05, 3.63) is 58.3 Å². The first-order valence-electron chi connectivity index (χ1n) is 9.22. The topological polar surface area (TPSA) is 59.8 Å². The van der Waals surface area contributed by atoms with E-state index in [0.717, 1.165) is 52.2 Å². The van der Waals surface area contributed by atoms with Gasteiger partial charge in [-0.15, -0.1) is 11.3 Å². The van der Waals surface area contributed by atoms with Crippen LogP contribution in [0.3, 0.4) is 0 Å². The van der Waals surface area contributed by atoms with Gasteiger partial charge in [0.1, 0.15) is 20.9 Å². The zero-order valence-electron chi connectivity index (χ0n) is 15.7. The third kappa shape index (κ3) is 3.00. The third-order valence-corrected chi connectivity index (χ3v) is 5.85. The number of benzene rings is 1. The van der Waals surface area contributed by atoms with Crippen LogP contribution >= 0.6 is 11.3 Å². The predicted octanol–water partition coefficient (Wildman–Crippen LogP) is 4.69. The summed E-state index contributed by atoms with van der Waals surface area (Å²) in [6.07, 6.45) is 4.57. The van der Waals surface area contributed by atoms with Gasteiger partial charge in [-0.25, -0.2) is 9.97 Å². The minimum absolute atomic E-state index is 0.0139. The number of anilines is 1. The van der Waals surface area contributed by atoms with Gasteiger partial charge < -0.3 is 5.32 Å². The molecule has 4 rings (SSSR count). The van der Waals surface area contributed by atoms with Crippen molar-refractivity contribution in [1.29, 1.82) is 0 Å². The van der Waals surface area contributed by atoms with E-state index in [1.54, 1.807) is 10.8 Å². The van der Waals surface area contributed by atoms with Crippen molar-refractivity contribution >= 4 is 37.5 Å². The van der Waals surface area contributed by atoms with Crippen LogP contribution in [-0.4, -0.2) is 21.6 Å². The molecule has 0 saturated carbocycles. The zero-order chi connectivity index (χ0) is 19.0. The van der Waals surface area contributed by atoms with E-state index in [-0.39, 0.29) is 5.56 Å². The smallest absolute Gasteiger partial charge is 0.276 e. The molecule has 0 saturated heterocycles. The molecule has 3 aromatic heterocycles. The molecule has 5 nitrogen and oxygen atoms in total. The van der Waals surface area contributed by atoms with Crippen LogP contribution in [-0.2, 0) is 6.42 Å². The lowest BCUT2D eigenvalue weighted by Gasteiger charge is -2.13. The van der Waals surface area contributed by atoms with Gasteiger partial charge in [0.2, 0.25) is 0 Å². The van der Waals surface area contributed by atoms with E-state index in [9.17, 15) is 4.79 Å². The Morgan fingerprint density at radius 2 is 1.96 bits per heavy atom. The second kappa shape index (κ2) is 7.12. The number of unbranched alkanes of at least 4 members (excludes halogenated alkanes) is 1. The van der Waals surface area contributed by atoms with Gasteiger partial charge in [-0.2, -0.15) is 0 Å². The van der Waals surface area contributed by atoms with Crippen molar-refractivity contribution in [3.8, 4) is 5.69 Å². The Bertz CT molecular complexity index is 1170. The number of rotatable bonds is 5. The predicted molar refractivity (Wildman–Crippen MR) is 113 cm³/mol. The fourth-order valence-corrected chi connectivity index (χ4v) is 4.37. The first-order valence-corrected chi connectivity index (χ1v) is 10.0. The van der Waals surface area contributed by atoms with E-state index in [1.165, 1.54) is 16.9 Å². The monoisotopic (exact) mass is 378 g/mol. The number of aryl methyl sites for hydroxylation is 2. The van der Waals surface area contributed by atoms with Gasteiger partial charge in [0, 0.05) is 25.4 Å². The number of thiophene rings is 1. The van der Waals surface area contributed by atoms with Crippen LogP contribution < -0.4 is 10.9 Å². The molecule has 3 heterocycles. The second-order valence-electron chi connectivity index (χ2n) is 6.68. The van der Waals surface area contributed by atoms with Gasteiger partial charge >= 0.3 is 0 Å². The SMILES string of the molecule is CCCCc1nc2c(sc3nccc(NC)c32)c(=O)n1-c1ccc(C)cc1. The number of hydrogen-bond donors (Lipinski definition) is 1. The highest BCUT2D eigenvalue weighted by atomic mass is 32.1. The van der Waals surface area contributed by atoms with E-state index in [1.807, 2.05) is 44.3 Å². The summed E-state index contributed by atoms with van der Waals surface area (Å²) in [4.78, 5) is 23.7. The van der Waals surface area contributed by atoms with E-state index < -0.39 is 0 Å². The van der Waals surface area contributed by atoms with Crippen molar-refractivity contribution in [2.75, 3.05) is 12.4 Å². The maximum absolute atomic E-state index is 13.5. The Balaban J connectivity index is 2.07. The molecular formula is C21H22N4OS. The zero-order valence-corrected chi connectivity index (χ0v) is 16.6. The minimum Gasteiger partial charge on any atom is -0.387 e. The Kier molecular flexibility index (Phi) is 4.66. The Morgan fingerprint density at radius 1 is 1.19 bits per heavy atom. The number of fused-ring (bicyclic) bond motifs is 3. The second-order valence-corrected chi connectivity index (χ2v) is 7.68. The first-order chi connectivity index (χ1) is 13.1. The fourth-order valence-electron chi connectivity index (χ4n) is 3.33. The molecule has 0 aliphatic rings. The Hall–Kier alpha value is -2.73. The molecule has 0 atom stereocenters. The van der Waals surface area contributed by atoms with E-state index in [0.29, 0.717) is 4.70 Å². The van der Waals surface area contributed by atoms with Gasteiger partial charge in [-0.1, -0.05) is 31.0 Å². The van der Waals surface area contributed by atoms with Crippen molar-refractivity contribution in [2.24, 2.45) is 0 Å². The lowest BCUT2D eigenvalue weighted by molar-refractivity contribution is 0.721. The number of nitrogens with zero attached hydrogens (tertiary/aromatic N) is 3. The van der Waals surface area contributed by atoms with Crippen molar-refractivity contribution in [3.63, 3.8) is 0 Å². The Morgan fingerprint density at radius 3 is 2.67 bits per heavy atom. The molecule has 0 bridgehead atoms. The molecule has 0 unspecified atom stereocenters. The molecule has 0 aliphatic carbocycles. The van der Waals surface area contributed by atoms with Gasteiger partial charge in [0.15, 0.2) is 0 Å². The summed E-state index contributed by atoms with van der Waals surface area (Å²) in [6.45, 7) is 4.19. The average molecular weight is 379 g/mol. The average Bonchev–Trinajstić information content (AvgIpc) is 3.06. The molecule has 27 heavy (non-hydrogen) atoms. The van der Waals surface area contributed by atoms with Crippen LogP contribution in [0.5, 0.6) is 0 Å². The summed E-state index contributed by atoms with van der Waals surface area (Å²) in [5.41, 5.74) is 3.73. The summed E-state index contributed by atoms with van der Waals surface area (Å²) >= 11 is 1.42. The van der Waals surface area contributed by atoms with Gasteiger partial charge in [-0.3, -0.25) is 9.36 Å². The lowest BCUT2D eigenvalue weighted by Crippen LogP contribution is -2.23. The van der Waals surface area contributed by atoms with Gasteiger partial charge in [0.05, 0.1) is 11.1 Å². The van der Waals surface area contributed by atoms with Crippen LogP contribution in [0.4, 0.5) is 5.69 Å². The summed E-state index contributed by atoms with van der Waals surface area (Å²) in [5, 5.41) is 4.14. The summed E-state index contributed by atoms with van der Waals surface area (Å²) < 4.78 is 2.42. The highest BCUT2D eigenvalue weighted by molar-refractivity contribution is 7.25. The fraction of sp³-hybridized carbons (Fsp3) is 0.286. The van der Waals surface area contributed by atoms with Crippen LogP contribution in [0.2, 0.25) is 0 Å². The van der Waals surface area contributed by atoms with Crippen LogP contribution in [0.1, 0.15) is 31.2 Å².